The van der Waals surface area contributed by atoms with Crippen LogP contribution in [-0.2, 0) is 4.79 Å². The molecule has 20 heavy (non-hydrogen) atoms. The maximum Gasteiger partial charge on any atom is 0.230 e. The summed E-state index contributed by atoms with van der Waals surface area (Å²) >= 11 is 0. The van der Waals surface area contributed by atoms with E-state index in [1.807, 2.05) is 24.3 Å². The highest BCUT2D eigenvalue weighted by Gasteiger charge is 2.39. The summed E-state index contributed by atoms with van der Waals surface area (Å²) in [6.07, 6.45) is 5.19. The van der Waals surface area contributed by atoms with E-state index in [0.717, 1.165) is 43.4 Å². The molecule has 3 nitrogen and oxygen atoms in total. The normalized spacial score (nSPS) is 16.3. The van der Waals surface area contributed by atoms with Gasteiger partial charge in [-0.2, -0.15) is 0 Å². The number of hydrogen-bond donors (Lipinski definition) is 2. The fourth-order valence-corrected chi connectivity index (χ4v) is 2.84. The van der Waals surface area contributed by atoms with Gasteiger partial charge in [-0.25, -0.2) is 0 Å². The highest BCUT2D eigenvalue weighted by molar-refractivity contribution is 5.95. The molecule has 0 atom stereocenters. The summed E-state index contributed by atoms with van der Waals surface area (Å²) in [5.41, 5.74) is 1.47. The zero-order valence-electron chi connectivity index (χ0n) is 11.9. The van der Waals surface area contributed by atoms with Crippen LogP contribution in [0.5, 0.6) is 0 Å². The van der Waals surface area contributed by atoms with Gasteiger partial charge in [-0.3, -0.25) is 4.79 Å². The summed E-state index contributed by atoms with van der Waals surface area (Å²) in [7, 11) is 0. The van der Waals surface area contributed by atoms with Crippen LogP contribution in [0.2, 0.25) is 0 Å². The van der Waals surface area contributed by atoms with Gasteiger partial charge in [0.05, 0.1) is 0 Å². The molecule has 0 bridgehead atoms. The van der Waals surface area contributed by atoms with Crippen molar-refractivity contribution in [1.82, 2.24) is 0 Å². The van der Waals surface area contributed by atoms with Crippen LogP contribution in [0.3, 0.4) is 0 Å². The van der Waals surface area contributed by atoms with Crippen molar-refractivity contribution < 1.29 is 9.90 Å². The van der Waals surface area contributed by atoms with E-state index in [4.69, 9.17) is 5.11 Å². The van der Waals surface area contributed by atoms with Gasteiger partial charge in [-0.15, -0.1) is 0 Å². The van der Waals surface area contributed by atoms with Crippen molar-refractivity contribution in [3.05, 3.63) is 29.8 Å². The fourth-order valence-electron chi connectivity index (χ4n) is 2.84. The average molecular weight is 271 g/mol. The number of hydrogen-bond acceptors (Lipinski definition) is 2. The quantitative estimate of drug-likeness (QED) is 0.830. The molecular weight excluding hydrogens is 250 g/mol. The maximum absolute atomic E-state index is 12.5. The van der Waals surface area contributed by atoms with Crippen molar-refractivity contribution in [2.45, 2.75) is 39.0 Å². The minimum Gasteiger partial charge on any atom is -0.384 e. The van der Waals surface area contributed by atoms with E-state index >= 15 is 0 Å². The molecule has 1 aromatic carbocycles. The molecule has 1 aliphatic carbocycles. The molecule has 0 aromatic heterocycles. The van der Waals surface area contributed by atoms with Gasteiger partial charge in [0.25, 0.3) is 0 Å². The molecular formula is C17H21NO2. The first-order valence-electron chi connectivity index (χ1n) is 7.21. The SMILES string of the molecule is CCC1(C(=O)Nc2ccc(C#CCO)cc2)CCCC1. The Morgan fingerprint density at radius 1 is 1.30 bits per heavy atom. The Hall–Kier alpha value is -1.79. The van der Waals surface area contributed by atoms with Crippen LogP contribution in [0.15, 0.2) is 24.3 Å². The van der Waals surface area contributed by atoms with Crippen LogP contribution in [0.1, 0.15) is 44.6 Å². The first kappa shape index (κ1) is 14.6. The van der Waals surface area contributed by atoms with Crippen LogP contribution in [-0.4, -0.2) is 17.6 Å². The molecule has 1 aliphatic rings. The summed E-state index contributed by atoms with van der Waals surface area (Å²) in [4.78, 5) is 12.5. The standard InChI is InChI=1S/C17H21NO2/c1-2-17(11-3-4-12-17)16(20)18-15-9-7-14(8-10-15)6-5-13-19/h7-10,19H,2-4,11-13H2,1H3,(H,18,20). The van der Waals surface area contributed by atoms with E-state index in [2.05, 4.69) is 24.1 Å². The van der Waals surface area contributed by atoms with Gasteiger partial charge in [0, 0.05) is 16.7 Å². The first-order chi connectivity index (χ1) is 9.70. The third-order valence-corrected chi connectivity index (χ3v) is 4.17. The molecule has 2 N–H and O–H groups in total. The molecule has 0 saturated heterocycles. The zero-order chi connectivity index (χ0) is 14.4. The lowest BCUT2D eigenvalue weighted by molar-refractivity contribution is -0.125. The highest BCUT2D eigenvalue weighted by Crippen LogP contribution is 2.41. The third-order valence-electron chi connectivity index (χ3n) is 4.17. The number of nitrogens with one attached hydrogen (secondary N) is 1. The molecule has 1 saturated carbocycles. The first-order valence-corrected chi connectivity index (χ1v) is 7.21. The number of carbonyl (C=O) groups excluding carboxylic acids is 1. The van der Waals surface area contributed by atoms with Gasteiger partial charge in [-0.1, -0.05) is 31.6 Å². The Balaban J connectivity index is 2.04. The zero-order valence-corrected chi connectivity index (χ0v) is 11.9. The fraction of sp³-hybridized carbons (Fsp3) is 0.471. The van der Waals surface area contributed by atoms with E-state index in [1.54, 1.807) is 0 Å². The second kappa shape index (κ2) is 6.58. The number of aliphatic hydroxyl groups is 1. The molecule has 0 heterocycles. The van der Waals surface area contributed by atoms with E-state index in [0.29, 0.717) is 0 Å². The lowest BCUT2D eigenvalue weighted by Gasteiger charge is -2.26. The number of amides is 1. The van der Waals surface area contributed by atoms with Gasteiger partial charge < -0.3 is 10.4 Å². The third kappa shape index (κ3) is 3.20. The van der Waals surface area contributed by atoms with Crippen LogP contribution in [0.25, 0.3) is 0 Å². The number of rotatable bonds is 3. The maximum atomic E-state index is 12.5. The monoisotopic (exact) mass is 271 g/mol. The molecule has 106 valence electrons. The number of aliphatic hydroxyl groups excluding tert-OH is 1. The molecule has 0 aliphatic heterocycles. The topological polar surface area (TPSA) is 49.3 Å². The minimum atomic E-state index is -0.171. The molecule has 1 aromatic rings. The summed E-state index contributed by atoms with van der Waals surface area (Å²) < 4.78 is 0. The van der Waals surface area contributed by atoms with E-state index in [1.165, 1.54) is 0 Å². The lowest BCUT2D eigenvalue weighted by atomic mass is 9.82. The van der Waals surface area contributed by atoms with Crippen molar-refractivity contribution in [2.75, 3.05) is 11.9 Å². The minimum absolute atomic E-state index is 0.141. The van der Waals surface area contributed by atoms with E-state index in [9.17, 15) is 4.79 Å². The van der Waals surface area contributed by atoms with Crippen molar-refractivity contribution in [2.24, 2.45) is 5.41 Å². The molecule has 2 rings (SSSR count). The molecule has 0 spiro atoms. The van der Waals surface area contributed by atoms with Crippen LogP contribution in [0.4, 0.5) is 5.69 Å². The Morgan fingerprint density at radius 2 is 1.95 bits per heavy atom. The molecule has 1 amide bonds. The summed E-state index contributed by atoms with van der Waals surface area (Å²) in [6.45, 7) is 1.95. The van der Waals surface area contributed by atoms with Gasteiger partial charge in [0.15, 0.2) is 0 Å². The Bertz CT molecular complexity index is 516. The van der Waals surface area contributed by atoms with Crippen molar-refractivity contribution in [3.63, 3.8) is 0 Å². The number of carbonyl (C=O) groups is 1. The van der Waals surface area contributed by atoms with Crippen molar-refractivity contribution in [3.8, 4) is 11.8 Å². The van der Waals surface area contributed by atoms with E-state index < -0.39 is 0 Å². The molecule has 1 fully saturated rings. The van der Waals surface area contributed by atoms with Gasteiger partial charge >= 0.3 is 0 Å². The summed E-state index contributed by atoms with van der Waals surface area (Å²) in [5, 5.41) is 11.7. The van der Waals surface area contributed by atoms with Crippen LogP contribution < -0.4 is 5.32 Å². The molecule has 0 radical (unpaired) electrons. The van der Waals surface area contributed by atoms with E-state index in [-0.39, 0.29) is 17.9 Å². The second-order valence-electron chi connectivity index (χ2n) is 5.33. The van der Waals surface area contributed by atoms with Crippen LogP contribution in [0, 0.1) is 17.3 Å². The lowest BCUT2D eigenvalue weighted by Crippen LogP contribution is -2.33. The average Bonchev–Trinajstić information content (AvgIpc) is 2.97. The predicted octanol–water partition coefficient (Wildman–Crippen LogP) is 2.94. The van der Waals surface area contributed by atoms with Crippen molar-refractivity contribution in [1.29, 1.82) is 0 Å². The highest BCUT2D eigenvalue weighted by atomic mass is 16.2. The predicted molar refractivity (Wildman–Crippen MR) is 80.2 cm³/mol. The second-order valence-corrected chi connectivity index (χ2v) is 5.33. The Labute approximate surface area is 120 Å². The largest absolute Gasteiger partial charge is 0.384 e. The van der Waals surface area contributed by atoms with Crippen LogP contribution >= 0.6 is 0 Å². The molecule has 0 unspecified atom stereocenters. The Kier molecular flexibility index (Phi) is 4.81. The number of benzene rings is 1. The number of anilines is 1. The summed E-state index contributed by atoms with van der Waals surface area (Å²) in [5.74, 6) is 5.58. The van der Waals surface area contributed by atoms with Gasteiger partial charge in [-0.05, 0) is 43.5 Å². The van der Waals surface area contributed by atoms with Gasteiger partial charge in [0.2, 0.25) is 5.91 Å². The Morgan fingerprint density at radius 3 is 2.50 bits per heavy atom. The summed E-state index contributed by atoms with van der Waals surface area (Å²) in [6, 6.07) is 7.42. The van der Waals surface area contributed by atoms with Crippen molar-refractivity contribution >= 4 is 11.6 Å². The smallest absolute Gasteiger partial charge is 0.230 e. The van der Waals surface area contributed by atoms with Gasteiger partial charge in [0.1, 0.15) is 6.61 Å². The molecule has 3 heteroatoms.